The highest BCUT2D eigenvalue weighted by molar-refractivity contribution is 5.93. The first kappa shape index (κ1) is 24.6. The van der Waals surface area contributed by atoms with Crippen LogP contribution in [0.3, 0.4) is 0 Å². The number of fused-ring (bicyclic) bond motifs is 1. The number of carbonyl (C=O) groups excluding carboxylic acids is 1. The van der Waals surface area contributed by atoms with Crippen LogP contribution in [0.2, 0.25) is 0 Å². The van der Waals surface area contributed by atoms with Gasteiger partial charge in [0.15, 0.2) is 5.65 Å². The Hall–Kier alpha value is -3.54. The van der Waals surface area contributed by atoms with E-state index in [9.17, 15) is 23.1 Å². The molecule has 35 heavy (non-hydrogen) atoms. The molecule has 3 aromatic rings. The second-order valence-electron chi connectivity index (χ2n) is 9.17. The summed E-state index contributed by atoms with van der Waals surface area (Å²) in [6.07, 6.45) is -3.65. The van der Waals surface area contributed by atoms with Crippen LogP contribution in [0.1, 0.15) is 32.9 Å². The van der Waals surface area contributed by atoms with Crippen molar-refractivity contribution in [3.05, 3.63) is 42.2 Å². The predicted octanol–water partition coefficient (Wildman–Crippen LogP) is 3.91. The number of β-amino-alcohol motifs (C(OH)–C–C–N with tert-alkyl or cyclic N) is 1. The van der Waals surface area contributed by atoms with Crippen LogP contribution in [0.25, 0.3) is 16.7 Å². The number of anilines is 1. The lowest BCUT2D eigenvalue weighted by molar-refractivity contribution is -0.274. The fourth-order valence-corrected chi connectivity index (χ4v) is 3.88. The topological polar surface area (TPSA) is 102 Å². The van der Waals surface area contributed by atoms with E-state index in [0.717, 1.165) is 5.69 Å². The van der Waals surface area contributed by atoms with E-state index in [2.05, 4.69) is 20.1 Å². The number of ether oxygens (including phenoxy) is 2. The van der Waals surface area contributed by atoms with Gasteiger partial charge in [0.05, 0.1) is 35.1 Å². The summed E-state index contributed by atoms with van der Waals surface area (Å²) in [7, 11) is 0. The molecule has 1 aliphatic heterocycles. The van der Waals surface area contributed by atoms with Gasteiger partial charge in [-0.3, -0.25) is 0 Å². The zero-order valence-electron chi connectivity index (χ0n) is 19.5. The van der Waals surface area contributed by atoms with Crippen LogP contribution in [0.15, 0.2) is 36.5 Å². The molecule has 1 aromatic carbocycles. The summed E-state index contributed by atoms with van der Waals surface area (Å²) < 4.78 is 48.4. The molecule has 4 rings (SSSR count). The monoisotopic (exact) mass is 493 g/mol. The normalized spacial score (nSPS) is 16.5. The third kappa shape index (κ3) is 5.94. The SMILES string of the molecule is CC(C)(C)OC(=O)NCc1nn(-c2ccc(OC(F)(F)F)cc2)c2nccc(N3CC[C@H](O)C3)c12. The fraction of sp³-hybridized carbons (Fsp3) is 0.435. The van der Waals surface area contributed by atoms with Gasteiger partial charge in [-0.2, -0.15) is 5.10 Å². The lowest BCUT2D eigenvalue weighted by atomic mass is 10.2. The number of hydrogen-bond donors (Lipinski definition) is 2. The van der Waals surface area contributed by atoms with Crippen LogP contribution in [0.4, 0.5) is 23.7 Å². The number of halogens is 3. The van der Waals surface area contributed by atoms with E-state index in [1.165, 1.54) is 28.9 Å². The summed E-state index contributed by atoms with van der Waals surface area (Å²) in [5, 5.41) is 18.0. The fourth-order valence-electron chi connectivity index (χ4n) is 3.88. The molecule has 2 N–H and O–H groups in total. The molecule has 0 spiro atoms. The van der Waals surface area contributed by atoms with E-state index in [1.807, 2.05) is 11.0 Å². The minimum Gasteiger partial charge on any atom is -0.444 e. The predicted molar refractivity (Wildman–Crippen MR) is 121 cm³/mol. The van der Waals surface area contributed by atoms with Crippen LogP contribution in [0.5, 0.6) is 5.75 Å². The van der Waals surface area contributed by atoms with E-state index in [4.69, 9.17) is 4.74 Å². The zero-order valence-corrected chi connectivity index (χ0v) is 19.5. The van der Waals surface area contributed by atoms with Crippen molar-refractivity contribution in [3.63, 3.8) is 0 Å². The number of aromatic nitrogens is 3. The maximum absolute atomic E-state index is 12.5. The summed E-state index contributed by atoms with van der Waals surface area (Å²) in [6, 6.07) is 7.06. The zero-order chi connectivity index (χ0) is 25.4. The second kappa shape index (κ2) is 9.25. The summed E-state index contributed by atoms with van der Waals surface area (Å²) in [5.74, 6) is -0.357. The molecular weight excluding hydrogens is 467 g/mol. The number of nitrogens with zero attached hydrogens (tertiary/aromatic N) is 4. The van der Waals surface area contributed by atoms with Crippen LogP contribution in [-0.2, 0) is 11.3 Å². The van der Waals surface area contributed by atoms with Crippen molar-refractivity contribution in [1.82, 2.24) is 20.1 Å². The van der Waals surface area contributed by atoms with E-state index in [0.29, 0.717) is 41.9 Å². The molecule has 0 unspecified atom stereocenters. The van der Waals surface area contributed by atoms with Crippen molar-refractivity contribution in [3.8, 4) is 11.4 Å². The molecule has 0 saturated carbocycles. The Bertz CT molecular complexity index is 1200. The van der Waals surface area contributed by atoms with Gasteiger partial charge in [-0.15, -0.1) is 13.2 Å². The summed E-state index contributed by atoms with van der Waals surface area (Å²) in [6.45, 7) is 6.36. The molecule has 1 saturated heterocycles. The lowest BCUT2D eigenvalue weighted by Gasteiger charge is -2.20. The largest absolute Gasteiger partial charge is 0.573 e. The van der Waals surface area contributed by atoms with Gasteiger partial charge in [0.1, 0.15) is 11.4 Å². The minimum atomic E-state index is -4.79. The quantitative estimate of drug-likeness (QED) is 0.556. The number of alkyl halides is 3. The van der Waals surface area contributed by atoms with Gasteiger partial charge in [-0.05, 0) is 57.5 Å². The maximum atomic E-state index is 12.5. The first-order valence-corrected chi connectivity index (χ1v) is 11.0. The second-order valence-corrected chi connectivity index (χ2v) is 9.17. The van der Waals surface area contributed by atoms with Gasteiger partial charge in [-0.1, -0.05) is 0 Å². The lowest BCUT2D eigenvalue weighted by Crippen LogP contribution is -2.32. The number of carbonyl (C=O) groups is 1. The van der Waals surface area contributed by atoms with E-state index in [1.54, 1.807) is 27.0 Å². The standard InChI is InChI=1S/C23H26F3N5O4/c1-22(2,3)35-21(33)28-12-17-19-18(30-11-9-15(32)13-30)8-10-27-20(19)31(29-17)14-4-6-16(7-5-14)34-23(24,25)26/h4-8,10,15,32H,9,11-13H2,1-3H3,(H,28,33)/t15-/m0/s1. The van der Waals surface area contributed by atoms with Gasteiger partial charge < -0.3 is 24.8 Å². The van der Waals surface area contributed by atoms with Crippen molar-refractivity contribution in [2.45, 2.75) is 51.8 Å². The number of benzene rings is 1. The molecule has 12 heteroatoms. The van der Waals surface area contributed by atoms with Crippen molar-refractivity contribution in [1.29, 1.82) is 0 Å². The molecule has 1 amide bonds. The average Bonchev–Trinajstić information content (AvgIpc) is 3.34. The Morgan fingerprint density at radius 2 is 1.91 bits per heavy atom. The van der Waals surface area contributed by atoms with Gasteiger partial charge in [0.2, 0.25) is 0 Å². The summed E-state index contributed by atoms with van der Waals surface area (Å²) >= 11 is 0. The Balaban J connectivity index is 1.72. The summed E-state index contributed by atoms with van der Waals surface area (Å²) in [5.41, 5.74) is 1.51. The highest BCUT2D eigenvalue weighted by Crippen LogP contribution is 2.33. The van der Waals surface area contributed by atoms with Crippen molar-refractivity contribution < 1.29 is 32.5 Å². The molecule has 0 aliphatic carbocycles. The third-order valence-corrected chi connectivity index (χ3v) is 5.24. The maximum Gasteiger partial charge on any atom is 0.573 e. The third-order valence-electron chi connectivity index (χ3n) is 5.24. The number of hydrogen-bond acceptors (Lipinski definition) is 7. The Kier molecular flexibility index (Phi) is 6.50. The van der Waals surface area contributed by atoms with E-state index < -0.39 is 24.2 Å². The summed E-state index contributed by atoms with van der Waals surface area (Å²) in [4.78, 5) is 18.7. The molecule has 9 nitrogen and oxygen atoms in total. The number of aliphatic hydroxyl groups is 1. The number of nitrogens with one attached hydrogen (secondary N) is 1. The van der Waals surface area contributed by atoms with Crippen LogP contribution in [0, 0.1) is 0 Å². The highest BCUT2D eigenvalue weighted by Gasteiger charge is 2.31. The molecule has 1 atom stereocenters. The van der Waals surface area contributed by atoms with Crippen LogP contribution >= 0.6 is 0 Å². The van der Waals surface area contributed by atoms with Crippen LogP contribution < -0.4 is 15.0 Å². The first-order chi connectivity index (χ1) is 16.4. The van der Waals surface area contributed by atoms with Gasteiger partial charge in [0, 0.05) is 19.3 Å². The Labute approximate surface area is 199 Å². The van der Waals surface area contributed by atoms with Gasteiger partial charge in [0.25, 0.3) is 0 Å². The van der Waals surface area contributed by atoms with Gasteiger partial charge >= 0.3 is 12.5 Å². The number of rotatable bonds is 5. The van der Waals surface area contributed by atoms with E-state index in [-0.39, 0.29) is 12.3 Å². The molecule has 3 heterocycles. The van der Waals surface area contributed by atoms with Crippen molar-refractivity contribution in [2.75, 3.05) is 18.0 Å². The average molecular weight is 493 g/mol. The molecular formula is C23H26F3N5O4. The molecule has 2 aromatic heterocycles. The van der Waals surface area contributed by atoms with E-state index >= 15 is 0 Å². The number of alkyl carbamates (subject to hydrolysis) is 1. The molecule has 188 valence electrons. The number of aliphatic hydroxyl groups excluding tert-OH is 1. The van der Waals surface area contributed by atoms with Crippen LogP contribution in [-0.4, -0.2) is 57.1 Å². The highest BCUT2D eigenvalue weighted by atomic mass is 19.4. The molecule has 0 bridgehead atoms. The minimum absolute atomic E-state index is 0.0305. The number of amides is 1. The molecule has 1 aliphatic rings. The first-order valence-electron chi connectivity index (χ1n) is 11.0. The molecule has 1 fully saturated rings. The van der Waals surface area contributed by atoms with Gasteiger partial charge in [-0.25, -0.2) is 14.5 Å². The van der Waals surface area contributed by atoms with Crippen molar-refractivity contribution in [2.24, 2.45) is 0 Å². The Morgan fingerprint density at radius 3 is 2.51 bits per heavy atom. The number of pyridine rings is 1. The smallest absolute Gasteiger partial charge is 0.444 e. The Morgan fingerprint density at radius 1 is 1.20 bits per heavy atom. The molecule has 0 radical (unpaired) electrons. The van der Waals surface area contributed by atoms with Crippen molar-refractivity contribution >= 4 is 22.8 Å².